The maximum absolute atomic E-state index is 11.8. The van der Waals surface area contributed by atoms with E-state index in [0.29, 0.717) is 26.1 Å². The fourth-order valence-electron chi connectivity index (χ4n) is 1.30. The first kappa shape index (κ1) is 11.3. The van der Waals surface area contributed by atoms with Gasteiger partial charge in [0.05, 0.1) is 0 Å². The second-order valence-corrected chi connectivity index (χ2v) is 3.49. The molecule has 0 saturated carbocycles. The van der Waals surface area contributed by atoms with Crippen molar-refractivity contribution < 1.29 is 18.3 Å². The fraction of sp³-hybridized carbons (Fsp3) is 0.875. The van der Waals surface area contributed by atoms with Gasteiger partial charge in [-0.05, 0) is 12.8 Å². The summed E-state index contributed by atoms with van der Waals surface area (Å²) in [6.45, 7) is 1.11. The number of carbonyl (C=O) groups is 1. The number of carbonyl (C=O) groups excluding carboxylic acids is 1. The first-order valence-corrected chi connectivity index (χ1v) is 4.46. The molecule has 0 aromatic rings. The van der Waals surface area contributed by atoms with Crippen LogP contribution in [0.1, 0.15) is 12.8 Å². The van der Waals surface area contributed by atoms with E-state index >= 15 is 0 Å². The Morgan fingerprint density at radius 1 is 1.50 bits per heavy atom. The third-order valence-electron chi connectivity index (χ3n) is 2.30. The smallest absolute Gasteiger partial charge is 0.315 e. The Kier molecular flexibility index (Phi) is 3.77. The zero-order valence-electron chi connectivity index (χ0n) is 7.76. The molecule has 3 N–H and O–H groups in total. The molecule has 1 rings (SSSR count). The highest BCUT2D eigenvalue weighted by atomic mass is 19.3. The topological polar surface area (TPSA) is 64.3 Å². The number of amides is 1. The van der Waals surface area contributed by atoms with E-state index in [1.54, 1.807) is 0 Å². The van der Waals surface area contributed by atoms with Crippen molar-refractivity contribution >= 4 is 5.91 Å². The van der Waals surface area contributed by atoms with Crippen molar-refractivity contribution in [2.75, 3.05) is 19.8 Å². The molecule has 1 aliphatic heterocycles. The molecule has 1 heterocycles. The fourth-order valence-corrected chi connectivity index (χ4v) is 1.30. The zero-order chi connectivity index (χ0) is 10.6. The van der Waals surface area contributed by atoms with Crippen LogP contribution in [0, 0.1) is 0 Å². The molecule has 0 atom stereocenters. The van der Waals surface area contributed by atoms with Gasteiger partial charge in [-0.25, -0.2) is 0 Å². The molecular weight excluding hydrogens is 194 g/mol. The van der Waals surface area contributed by atoms with Gasteiger partial charge in [-0.2, -0.15) is 8.78 Å². The third-order valence-corrected chi connectivity index (χ3v) is 2.30. The molecule has 0 aromatic carbocycles. The number of halogens is 2. The van der Waals surface area contributed by atoms with Crippen LogP contribution in [0.4, 0.5) is 8.78 Å². The van der Waals surface area contributed by atoms with E-state index in [2.05, 4.69) is 5.32 Å². The molecule has 1 saturated heterocycles. The van der Waals surface area contributed by atoms with E-state index < -0.39 is 17.9 Å². The van der Waals surface area contributed by atoms with E-state index in [0.717, 1.165) is 0 Å². The van der Waals surface area contributed by atoms with Gasteiger partial charge in [-0.3, -0.25) is 4.79 Å². The van der Waals surface area contributed by atoms with Gasteiger partial charge in [-0.15, -0.1) is 0 Å². The number of hydrogen-bond donors (Lipinski definition) is 2. The summed E-state index contributed by atoms with van der Waals surface area (Å²) in [4.78, 5) is 10.6. The predicted molar refractivity (Wildman–Crippen MR) is 46.0 cm³/mol. The summed E-state index contributed by atoms with van der Waals surface area (Å²) >= 11 is 0. The van der Waals surface area contributed by atoms with Crippen LogP contribution >= 0.6 is 0 Å². The van der Waals surface area contributed by atoms with Crippen molar-refractivity contribution in [1.82, 2.24) is 5.32 Å². The first-order chi connectivity index (χ1) is 6.53. The minimum atomic E-state index is -2.97. The number of nitrogens with one attached hydrogen (secondary N) is 1. The molecule has 0 radical (unpaired) electrons. The normalized spacial score (nSPS) is 20.9. The molecule has 0 unspecified atom stereocenters. The Labute approximate surface area is 80.8 Å². The Morgan fingerprint density at radius 2 is 2.07 bits per heavy atom. The van der Waals surface area contributed by atoms with Gasteiger partial charge in [-0.1, -0.05) is 0 Å². The summed E-state index contributed by atoms with van der Waals surface area (Å²) in [6, 6.07) is 0. The molecule has 1 fully saturated rings. The minimum Gasteiger partial charge on any atom is -0.381 e. The zero-order valence-corrected chi connectivity index (χ0v) is 7.76. The van der Waals surface area contributed by atoms with Gasteiger partial charge in [0.1, 0.15) is 0 Å². The molecular formula is C8H14F2N2O2. The highest BCUT2D eigenvalue weighted by molar-refractivity contribution is 5.79. The quantitative estimate of drug-likeness (QED) is 0.679. The average molecular weight is 208 g/mol. The van der Waals surface area contributed by atoms with Gasteiger partial charge in [0.15, 0.2) is 0 Å². The van der Waals surface area contributed by atoms with Crippen molar-refractivity contribution in [1.29, 1.82) is 0 Å². The number of ether oxygens (including phenoxy) is 1. The van der Waals surface area contributed by atoms with Crippen LogP contribution in [0.25, 0.3) is 0 Å². The van der Waals surface area contributed by atoms with E-state index in [1.807, 2.05) is 0 Å². The molecule has 0 bridgehead atoms. The number of nitrogens with two attached hydrogens (primary N) is 1. The molecule has 14 heavy (non-hydrogen) atoms. The molecule has 1 amide bonds. The van der Waals surface area contributed by atoms with E-state index in [4.69, 9.17) is 10.5 Å². The first-order valence-electron chi connectivity index (χ1n) is 4.46. The lowest BCUT2D eigenvalue weighted by molar-refractivity contribution is -0.132. The lowest BCUT2D eigenvalue weighted by Crippen LogP contribution is -2.54. The van der Waals surface area contributed by atoms with Gasteiger partial charge >= 0.3 is 6.43 Å². The lowest BCUT2D eigenvalue weighted by Gasteiger charge is -2.33. The van der Waals surface area contributed by atoms with Crippen molar-refractivity contribution in [3.63, 3.8) is 0 Å². The van der Waals surface area contributed by atoms with Crippen LogP contribution in [0.3, 0.4) is 0 Å². The van der Waals surface area contributed by atoms with Gasteiger partial charge in [0, 0.05) is 25.3 Å². The summed E-state index contributed by atoms with van der Waals surface area (Å²) in [7, 11) is 0. The molecule has 0 aliphatic carbocycles. The van der Waals surface area contributed by atoms with Crippen LogP contribution < -0.4 is 11.1 Å². The molecule has 6 heteroatoms. The van der Waals surface area contributed by atoms with E-state index in [1.165, 1.54) is 0 Å². The number of hydrogen-bond acceptors (Lipinski definition) is 3. The molecule has 0 spiro atoms. The molecule has 0 aromatic heterocycles. The predicted octanol–water partition coefficient (Wildman–Crippen LogP) is -0.124. The Balaban J connectivity index is 2.32. The van der Waals surface area contributed by atoms with E-state index in [-0.39, 0.29) is 6.54 Å². The number of alkyl halides is 2. The Morgan fingerprint density at radius 3 is 2.57 bits per heavy atom. The molecule has 1 aliphatic rings. The standard InChI is InChI=1S/C8H14F2N2O2/c9-6(10)7(13)12-5-8(11)1-3-14-4-2-8/h6H,1-5,11H2,(H,12,13). The van der Waals surface area contributed by atoms with Crippen molar-refractivity contribution in [2.24, 2.45) is 5.73 Å². The van der Waals surface area contributed by atoms with Crippen LogP contribution in [0.15, 0.2) is 0 Å². The Hall–Kier alpha value is -0.750. The van der Waals surface area contributed by atoms with Crippen LogP contribution in [-0.4, -0.2) is 37.6 Å². The summed E-state index contributed by atoms with van der Waals surface area (Å²) in [5, 5.41) is 2.12. The van der Waals surface area contributed by atoms with Gasteiger partial charge in [0.2, 0.25) is 0 Å². The third kappa shape index (κ3) is 3.19. The monoisotopic (exact) mass is 208 g/mol. The van der Waals surface area contributed by atoms with Crippen LogP contribution in [-0.2, 0) is 9.53 Å². The summed E-state index contributed by atoms with van der Waals surface area (Å²) in [5.74, 6) is -1.26. The highest BCUT2D eigenvalue weighted by Crippen LogP contribution is 2.16. The van der Waals surface area contributed by atoms with Crippen molar-refractivity contribution in [2.45, 2.75) is 24.8 Å². The Bertz CT molecular complexity index is 206. The maximum Gasteiger partial charge on any atom is 0.315 e. The largest absolute Gasteiger partial charge is 0.381 e. The summed E-state index contributed by atoms with van der Waals surface area (Å²) in [5.41, 5.74) is 5.27. The van der Waals surface area contributed by atoms with E-state index in [9.17, 15) is 13.6 Å². The van der Waals surface area contributed by atoms with Crippen molar-refractivity contribution in [3.05, 3.63) is 0 Å². The van der Waals surface area contributed by atoms with Crippen LogP contribution in [0.5, 0.6) is 0 Å². The lowest BCUT2D eigenvalue weighted by atomic mass is 9.91. The van der Waals surface area contributed by atoms with Crippen LogP contribution in [0.2, 0.25) is 0 Å². The molecule has 82 valence electrons. The minimum absolute atomic E-state index is 0.0829. The molecule has 4 nitrogen and oxygen atoms in total. The number of rotatable bonds is 3. The highest BCUT2D eigenvalue weighted by Gasteiger charge is 2.29. The summed E-state index contributed by atoms with van der Waals surface area (Å²) < 4.78 is 28.7. The maximum atomic E-state index is 11.8. The average Bonchev–Trinajstić information content (AvgIpc) is 2.15. The van der Waals surface area contributed by atoms with Gasteiger partial charge in [0.25, 0.3) is 5.91 Å². The SMILES string of the molecule is NC1(CNC(=O)C(F)F)CCOCC1. The van der Waals surface area contributed by atoms with Crippen molar-refractivity contribution in [3.8, 4) is 0 Å². The van der Waals surface area contributed by atoms with Gasteiger partial charge < -0.3 is 15.8 Å². The second kappa shape index (κ2) is 4.65. The summed E-state index contributed by atoms with van der Waals surface area (Å²) in [6.07, 6.45) is -1.81. The second-order valence-electron chi connectivity index (χ2n) is 3.49.